The van der Waals surface area contributed by atoms with Crippen molar-refractivity contribution in [3.63, 3.8) is 0 Å². The fourth-order valence-electron chi connectivity index (χ4n) is 1.46. The molecule has 0 atom stereocenters. The molecule has 0 aliphatic heterocycles. The van der Waals surface area contributed by atoms with E-state index in [-0.39, 0.29) is 11.9 Å². The molecule has 0 aliphatic carbocycles. The third kappa shape index (κ3) is 5.13. The third-order valence-electron chi connectivity index (χ3n) is 2.47. The Morgan fingerprint density at radius 3 is 2.60 bits per heavy atom. The van der Waals surface area contributed by atoms with Crippen molar-refractivity contribution in [2.75, 3.05) is 39.0 Å². The van der Waals surface area contributed by atoms with Gasteiger partial charge in [-0.1, -0.05) is 0 Å². The zero-order valence-corrected chi connectivity index (χ0v) is 12.1. The summed E-state index contributed by atoms with van der Waals surface area (Å²) in [4.78, 5) is 28.7. The van der Waals surface area contributed by atoms with Crippen LogP contribution in [0.15, 0.2) is 18.3 Å². The molecule has 0 unspecified atom stereocenters. The lowest BCUT2D eigenvalue weighted by atomic mass is 10.2. The maximum atomic E-state index is 11.9. The van der Waals surface area contributed by atoms with Crippen molar-refractivity contribution >= 4 is 17.8 Å². The van der Waals surface area contributed by atoms with E-state index in [0.29, 0.717) is 24.5 Å². The highest BCUT2D eigenvalue weighted by atomic mass is 16.2. The Labute approximate surface area is 118 Å². The second-order valence-corrected chi connectivity index (χ2v) is 4.34. The van der Waals surface area contributed by atoms with Gasteiger partial charge in [-0.25, -0.2) is 9.78 Å². The van der Waals surface area contributed by atoms with Crippen LogP contribution in [-0.4, -0.2) is 55.6 Å². The average molecular weight is 279 g/mol. The highest BCUT2D eigenvalue weighted by Crippen LogP contribution is 2.06. The molecule has 1 aromatic heterocycles. The molecular weight excluding hydrogens is 258 g/mol. The van der Waals surface area contributed by atoms with Gasteiger partial charge >= 0.3 is 6.03 Å². The van der Waals surface area contributed by atoms with E-state index in [0.717, 1.165) is 6.54 Å². The SMILES string of the molecule is CCNc1cc(C(=O)NCCNC(=O)N(C)C)ccn1. The van der Waals surface area contributed by atoms with Gasteiger partial charge in [0.2, 0.25) is 0 Å². The summed E-state index contributed by atoms with van der Waals surface area (Å²) in [6, 6.07) is 3.16. The number of aromatic nitrogens is 1. The third-order valence-corrected chi connectivity index (χ3v) is 2.47. The van der Waals surface area contributed by atoms with Gasteiger partial charge in [0.05, 0.1) is 0 Å². The minimum absolute atomic E-state index is 0.183. The lowest BCUT2D eigenvalue weighted by molar-refractivity contribution is 0.0953. The van der Waals surface area contributed by atoms with Gasteiger partial charge in [-0.15, -0.1) is 0 Å². The van der Waals surface area contributed by atoms with Crippen LogP contribution < -0.4 is 16.0 Å². The lowest BCUT2D eigenvalue weighted by Gasteiger charge is -2.12. The number of anilines is 1. The number of pyridine rings is 1. The number of hydrogen-bond donors (Lipinski definition) is 3. The van der Waals surface area contributed by atoms with Crippen LogP contribution in [0, 0.1) is 0 Å². The molecule has 0 saturated carbocycles. The smallest absolute Gasteiger partial charge is 0.316 e. The number of nitrogens with one attached hydrogen (secondary N) is 3. The number of carbonyl (C=O) groups is 2. The summed E-state index contributed by atoms with van der Waals surface area (Å²) in [7, 11) is 3.32. The summed E-state index contributed by atoms with van der Waals surface area (Å²) in [6.45, 7) is 3.46. The molecule has 1 heterocycles. The van der Waals surface area contributed by atoms with E-state index in [4.69, 9.17) is 0 Å². The lowest BCUT2D eigenvalue weighted by Crippen LogP contribution is -2.39. The minimum Gasteiger partial charge on any atom is -0.370 e. The average Bonchev–Trinajstić information content (AvgIpc) is 2.43. The predicted octanol–water partition coefficient (Wildman–Crippen LogP) is 0.514. The highest BCUT2D eigenvalue weighted by molar-refractivity contribution is 5.94. The van der Waals surface area contributed by atoms with Gasteiger partial charge in [-0.05, 0) is 19.1 Å². The normalized spacial score (nSPS) is 9.75. The zero-order valence-electron chi connectivity index (χ0n) is 12.1. The van der Waals surface area contributed by atoms with Gasteiger partial charge in [0, 0.05) is 45.5 Å². The summed E-state index contributed by atoms with van der Waals surface area (Å²) >= 11 is 0. The van der Waals surface area contributed by atoms with E-state index < -0.39 is 0 Å². The molecular formula is C13H21N5O2. The van der Waals surface area contributed by atoms with E-state index in [1.165, 1.54) is 4.90 Å². The quantitative estimate of drug-likeness (QED) is 0.662. The number of rotatable bonds is 6. The van der Waals surface area contributed by atoms with Gasteiger partial charge in [0.25, 0.3) is 5.91 Å². The molecule has 3 amide bonds. The van der Waals surface area contributed by atoms with Crippen molar-refractivity contribution in [2.45, 2.75) is 6.92 Å². The number of hydrogen-bond acceptors (Lipinski definition) is 4. The van der Waals surface area contributed by atoms with Crippen molar-refractivity contribution in [3.8, 4) is 0 Å². The fraction of sp³-hybridized carbons (Fsp3) is 0.462. The van der Waals surface area contributed by atoms with Crippen molar-refractivity contribution < 1.29 is 9.59 Å². The molecule has 0 fully saturated rings. The van der Waals surface area contributed by atoms with Gasteiger partial charge < -0.3 is 20.9 Å². The summed E-state index contributed by atoms with van der Waals surface area (Å²) < 4.78 is 0. The molecule has 0 aliphatic rings. The number of urea groups is 1. The Balaban J connectivity index is 2.39. The zero-order chi connectivity index (χ0) is 15.0. The second kappa shape index (κ2) is 7.98. The first-order chi connectivity index (χ1) is 9.54. The summed E-state index contributed by atoms with van der Waals surface area (Å²) in [5.74, 6) is 0.478. The van der Waals surface area contributed by atoms with Gasteiger partial charge in [0.15, 0.2) is 0 Å². The molecule has 7 heteroatoms. The molecule has 1 rings (SSSR count). The Hall–Kier alpha value is -2.31. The number of nitrogens with zero attached hydrogens (tertiary/aromatic N) is 2. The first kappa shape index (κ1) is 15.7. The highest BCUT2D eigenvalue weighted by Gasteiger charge is 2.06. The van der Waals surface area contributed by atoms with Gasteiger partial charge in [0.1, 0.15) is 5.82 Å². The second-order valence-electron chi connectivity index (χ2n) is 4.34. The predicted molar refractivity (Wildman–Crippen MR) is 77.8 cm³/mol. The standard InChI is InChI=1S/C13H21N5O2/c1-4-14-11-9-10(5-6-15-11)12(19)16-7-8-17-13(20)18(2)3/h5-6,9H,4,7-8H2,1-3H3,(H,14,15)(H,16,19)(H,17,20). The van der Waals surface area contributed by atoms with Crippen molar-refractivity contribution in [1.82, 2.24) is 20.5 Å². The Bertz CT molecular complexity index is 462. The number of carbonyl (C=O) groups excluding carboxylic acids is 2. The molecule has 0 saturated heterocycles. The van der Waals surface area contributed by atoms with E-state index >= 15 is 0 Å². The number of amides is 3. The van der Waals surface area contributed by atoms with E-state index in [1.54, 1.807) is 32.4 Å². The Morgan fingerprint density at radius 2 is 1.95 bits per heavy atom. The van der Waals surface area contributed by atoms with Crippen molar-refractivity contribution in [2.24, 2.45) is 0 Å². The first-order valence-electron chi connectivity index (χ1n) is 6.48. The molecule has 1 aromatic rings. The Morgan fingerprint density at radius 1 is 1.25 bits per heavy atom. The fourth-order valence-corrected chi connectivity index (χ4v) is 1.46. The van der Waals surface area contributed by atoms with Crippen molar-refractivity contribution in [3.05, 3.63) is 23.9 Å². The van der Waals surface area contributed by atoms with Crippen LogP contribution in [0.5, 0.6) is 0 Å². The molecule has 0 aromatic carbocycles. The van der Waals surface area contributed by atoms with Crippen LogP contribution in [0.25, 0.3) is 0 Å². The molecule has 0 spiro atoms. The maximum absolute atomic E-state index is 11.9. The topological polar surface area (TPSA) is 86.4 Å². The van der Waals surface area contributed by atoms with Crippen molar-refractivity contribution in [1.29, 1.82) is 0 Å². The summed E-state index contributed by atoms with van der Waals surface area (Å²) in [5, 5.41) is 8.45. The molecule has 3 N–H and O–H groups in total. The maximum Gasteiger partial charge on any atom is 0.316 e. The largest absolute Gasteiger partial charge is 0.370 e. The molecule has 110 valence electrons. The van der Waals surface area contributed by atoms with Crippen LogP contribution in [0.1, 0.15) is 17.3 Å². The van der Waals surface area contributed by atoms with Crippen LogP contribution in [-0.2, 0) is 0 Å². The van der Waals surface area contributed by atoms with Gasteiger partial charge in [-0.3, -0.25) is 4.79 Å². The molecule has 7 nitrogen and oxygen atoms in total. The minimum atomic E-state index is -0.189. The summed E-state index contributed by atoms with van der Waals surface area (Å²) in [5.41, 5.74) is 0.537. The van der Waals surface area contributed by atoms with E-state index in [2.05, 4.69) is 20.9 Å². The van der Waals surface area contributed by atoms with Crippen LogP contribution in [0.2, 0.25) is 0 Å². The van der Waals surface area contributed by atoms with E-state index in [9.17, 15) is 9.59 Å². The van der Waals surface area contributed by atoms with E-state index in [1.807, 2.05) is 6.92 Å². The first-order valence-corrected chi connectivity index (χ1v) is 6.48. The monoisotopic (exact) mass is 279 g/mol. The van der Waals surface area contributed by atoms with Crippen LogP contribution in [0.3, 0.4) is 0 Å². The van der Waals surface area contributed by atoms with Crippen LogP contribution >= 0.6 is 0 Å². The Kier molecular flexibility index (Phi) is 6.28. The molecule has 0 radical (unpaired) electrons. The summed E-state index contributed by atoms with van der Waals surface area (Å²) in [6.07, 6.45) is 1.58. The molecule has 0 bridgehead atoms. The molecule has 20 heavy (non-hydrogen) atoms. The van der Waals surface area contributed by atoms with Crippen LogP contribution in [0.4, 0.5) is 10.6 Å². The van der Waals surface area contributed by atoms with Gasteiger partial charge in [-0.2, -0.15) is 0 Å².